The molecule has 0 aliphatic carbocycles. The Morgan fingerprint density at radius 2 is 1.00 bits per heavy atom. The minimum atomic E-state index is -0.139. The average molecular weight is 267 g/mol. The predicted octanol–water partition coefficient (Wildman–Crippen LogP) is 5.74. The minimum absolute atomic E-state index is 0. The quantitative estimate of drug-likeness (QED) is 0.510. The summed E-state index contributed by atoms with van der Waals surface area (Å²) in [7, 11) is -0.139. The number of aliphatic hydroxyl groups excluding tert-OH is 1. The van der Waals surface area contributed by atoms with Crippen molar-refractivity contribution in [1.29, 1.82) is 0 Å². The van der Waals surface area contributed by atoms with Crippen molar-refractivity contribution in [2.75, 3.05) is 6.61 Å². The van der Waals surface area contributed by atoms with Crippen LogP contribution in [0.25, 0.3) is 0 Å². The molecule has 0 saturated carbocycles. The summed E-state index contributed by atoms with van der Waals surface area (Å²) in [5.41, 5.74) is 0. The lowest BCUT2D eigenvalue weighted by Gasteiger charge is -1.85. The number of hydrogen-bond donors (Lipinski definition) is 1. The van der Waals surface area contributed by atoms with Gasteiger partial charge < -0.3 is 5.11 Å². The first-order valence-corrected chi connectivity index (χ1v) is 10.5. The van der Waals surface area contributed by atoms with Crippen molar-refractivity contribution < 1.29 is 5.11 Å². The maximum Gasteiger partial charge on any atom is 0.0431 e. The van der Waals surface area contributed by atoms with E-state index in [1.54, 1.807) is 0 Å². The Bertz CT molecular complexity index is 57.2. The van der Waals surface area contributed by atoms with Crippen LogP contribution in [0.5, 0.6) is 0 Å². The molecule has 17 heavy (non-hydrogen) atoms. The van der Waals surface area contributed by atoms with Crippen LogP contribution in [0.4, 0.5) is 0 Å². The first kappa shape index (κ1) is 30.3. The molecule has 0 aromatic heterocycles. The van der Waals surface area contributed by atoms with Gasteiger partial charge in [-0.2, -0.15) is 0 Å². The summed E-state index contributed by atoms with van der Waals surface area (Å²) in [6.07, 6.45) is 5.83. The van der Waals surface area contributed by atoms with Gasteiger partial charge in [-0.25, -0.2) is 0 Å². The number of unbranched alkanes of at least 4 members (excludes halogenated alkanes) is 2. The van der Waals surface area contributed by atoms with Crippen molar-refractivity contribution in [2.45, 2.75) is 93.8 Å². The molecule has 112 valence electrons. The van der Waals surface area contributed by atoms with E-state index in [0.717, 1.165) is 12.8 Å². The maximum absolute atomic E-state index is 8.20. The lowest BCUT2D eigenvalue weighted by Crippen LogP contribution is -1.84. The molecule has 0 amide bonds. The molecule has 0 radical (unpaired) electrons. The van der Waals surface area contributed by atoms with Crippen LogP contribution >= 0.6 is 0 Å². The molecule has 1 N–H and O–H groups in total. The molecule has 0 bridgehead atoms. The van der Waals surface area contributed by atoms with Gasteiger partial charge in [-0.1, -0.05) is 87.4 Å². The van der Waals surface area contributed by atoms with Gasteiger partial charge in [0.05, 0.1) is 0 Å². The van der Waals surface area contributed by atoms with Crippen LogP contribution in [-0.2, 0) is 0 Å². The van der Waals surface area contributed by atoms with Gasteiger partial charge in [-0.05, 0) is 6.42 Å². The third kappa shape index (κ3) is 322. The van der Waals surface area contributed by atoms with Gasteiger partial charge in [0.2, 0.25) is 0 Å². The monoisotopic (exact) mass is 266 g/mol. The highest BCUT2D eigenvalue weighted by molar-refractivity contribution is 6.54. The molecule has 0 spiro atoms. The van der Waals surface area contributed by atoms with E-state index in [0.29, 0.717) is 6.61 Å². The van der Waals surface area contributed by atoms with Crippen molar-refractivity contribution in [3.8, 4) is 0 Å². The summed E-state index contributed by atoms with van der Waals surface area (Å²) in [4.78, 5) is 0. The molecular formula is C15H42OSi. The van der Waals surface area contributed by atoms with E-state index in [-0.39, 0.29) is 16.2 Å². The summed E-state index contributed by atoms with van der Waals surface area (Å²) in [6.45, 7) is 17.9. The topological polar surface area (TPSA) is 20.2 Å². The Morgan fingerprint density at radius 1 is 0.765 bits per heavy atom. The van der Waals surface area contributed by atoms with Crippen molar-refractivity contribution in [3.63, 3.8) is 0 Å². The van der Waals surface area contributed by atoms with E-state index < -0.39 is 0 Å². The van der Waals surface area contributed by atoms with E-state index in [1.807, 2.05) is 0 Å². The van der Waals surface area contributed by atoms with E-state index >= 15 is 0 Å². The molecule has 0 heterocycles. The van der Waals surface area contributed by atoms with E-state index in [9.17, 15) is 0 Å². The number of rotatable bonds is 3. The zero-order chi connectivity index (χ0) is 13.8. The zero-order valence-electron chi connectivity index (χ0n) is 13.3. The third-order valence-electron chi connectivity index (χ3n) is 0.762. The van der Waals surface area contributed by atoms with Gasteiger partial charge in [0.25, 0.3) is 0 Å². The average Bonchev–Trinajstić information content (AvgIpc) is 2.16. The van der Waals surface area contributed by atoms with Gasteiger partial charge >= 0.3 is 0 Å². The van der Waals surface area contributed by atoms with E-state index in [2.05, 4.69) is 54.3 Å². The molecule has 0 fully saturated rings. The summed E-state index contributed by atoms with van der Waals surface area (Å²) in [5, 5.41) is 8.20. The standard InChI is InChI=1S/C5H12O.C3H10Si.2C3H8.CH4/c1-2-3-4-5-6;1-4(2)3;2*1-3-2;/h6H,2-5H2,1H3;4H,1-3H3;2*3H2,1-2H3;1H4. The normalized spacial score (nSPS) is 7.41. The fourth-order valence-corrected chi connectivity index (χ4v) is 0.362. The second-order valence-electron chi connectivity index (χ2n) is 4.58. The Kier molecular flexibility index (Phi) is 78.9. The molecule has 2 heteroatoms. The lowest BCUT2D eigenvalue weighted by atomic mass is 10.3. The Hall–Kier alpha value is 0.177. The fourth-order valence-electron chi connectivity index (χ4n) is 0.362. The fraction of sp³-hybridized carbons (Fsp3) is 1.00. The molecule has 0 aliphatic heterocycles. The van der Waals surface area contributed by atoms with Crippen molar-refractivity contribution in [2.24, 2.45) is 0 Å². The van der Waals surface area contributed by atoms with Crippen molar-refractivity contribution in [3.05, 3.63) is 0 Å². The van der Waals surface area contributed by atoms with Crippen LogP contribution in [0.15, 0.2) is 0 Å². The van der Waals surface area contributed by atoms with Gasteiger partial charge in [-0.3, -0.25) is 0 Å². The van der Waals surface area contributed by atoms with Crippen LogP contribution in [0, 0.1) is 0 Å². The van der Waals surface area contributed by atoms with Crippen LogP contribution < -0.4 is 0 Å². The highest BCUT2D eigenvalue weighted by Gasteiger charge is 1.76. The van der Waals surface area contributed by atoms with Crippen molar-refractivity contribution in [1.82, 2.24) is 0 Å². The maximum atomic E-state index is 8.20. The van der Waals surface area contributed by atoms with Crippen LogP contribution in [0.3, 0.4) is 0 Å². The molecule has 0 atom stereocenters. The third-order valence-corrected chi connectivity index (χ3v) is 0.762. The first-order valence-electron chi connectivity index (χ1n) is 7.08. The molecule has 0 saturated heterocycles. The lowest BCUT2D eigenvalue weighted by molar-refractivity contribution is 0.284. The summed E-state index contributed by atoms with van der Waals surface area (Å²) >= 11 is 0. The van der Waals surface area contributed by atoms with Gasteiger partial charge in [-0.15, -0.1) is 0 Å². The molecule has 0 rings (SSSR count). The first-order chi connectivity index (χ1) is 7.47. The molecule has 0 unspecified atom stereocenters. The zero-order valence-corrected chi connectivity index (χ0v) is 14.4. The minimum Gasteiger partial charge on any atom is -0.396 e. The molecule has 0 aliphatic rings. The second-order valence-corrected chi connectivity index (χ2v) is 8.04. The highest BCUT2D eigenvalue weighted by atomic mass is 28.3. The highest BCUT2D eigenvalue weighted by Crippen LogP contribution is 1.89. The van der Waals surface area contributed by atoms with E-state index in [1.165, 1.54) is 19.3 Å². The summed E-state index contributed by atoms with van der Waals surface area (Å²) in [5.74, 6) is 0. The van der Waals surface area contributed by atoms with Crippen molar-refractivity contribution >= 4 is 8.80 Å². The van der Waals surface area contributed by atoms with Gasteiger partial charge in [0.15, 0.2) is 0 Å². The van der Waals surface area contributed by atoms with Crippen LogP contribution in [0.1, 0.15) is 74.1 Å². The Balaban J connectivity index is -0.0000000388. The van der Waals surface area contributed by atoms with Gasteiger partial charge in [0, 0.05) is 15.4 Å². The summed E-state index contributed by atoms with van der Waals surface area (Å²) in [6, 6.07) is 0. The van der Waals surface area contributed by atoms with Crippen LogP contribution in [-0.4, -0.2) is 20.5 Å². The number of aliphatic hydroxyl groups is 1. The molecule has 0 aromatic carbocycles. The largest absolute Gasteiger partial charge is 0.396 e. The Morgan fingerprint density at radius 3 is 1.06 bits per heavy atom. The molecule has 0 aromatic rings. The smallest absolute Gasteiger partial charge is 0.0431 e. The predicted molar refractivity (Wildman–Crippen MR) is 90.0 cm³/mol. The SMILES string of the molecule is C.CCC.CCC.CCCCCO.C[SiH](C)C. The molecular weight excluding hydrogens is 224 g/mol. The van der Waals surface area contributed by atoms with Crippen LogP contribution in [0.2, 0.25) is 19.6 Å². The van der Waals surface area contributed by atoms with E-state index in [4.69, 9.17) is 5.11 Å². The summed E-state index contributed by atoms with van der Waals surface area (Å²) < 4.78 is 0. The Labute approximate surface area is 115 Å². The van der Waals surface area contributed by atoms with Gasteiger partial charge in [0.1, 0.15) is 0 Å². The number of hydrogen-bond acceptors (Lipinski definition) is 1. The molecule has 1 nitrogen and oxygen atoms in total. The second kappa shape index (κ2) is 44.2.